The Morgan fingerprint density at radius 3 is 2.90 bits per heavy atom. The van der Waals surface area contributed by atoms with Gasteiger partial charge in [0.25, 0.3) is 5.91 Å². The Labute approximate surface area is 130 Å². The molecule has 1 saturated heterocycles. The minimum absolute atomic E-state index is 0.0449. The molecule has 21 heavy (non-hydrogen) atoms. The maximum absolute atomic E-state index is 12.6. The number of hydrogen-bond donors (Lipinski definition) is 1. The van der Waals surface area contributed by atoms with Crippen molar-refractivity contribution in [3.05, 3.63) is 28.1 Å². The number of carbonyl (C=O) groups is 2. The fourth-order valence-corrected chi connectivity index (χ4v) is 4.25. The zero-order valence-electron chi connectivity index (χ0n) is 11.5. The van der Waals surface area contributed by atoms with Crippen molar-refractivity contribution in [1.29, 1.82) is 0 Å². The molecule has 2 aromatic heterocycles. The molecule has 110 valence electrons. The molecule has 1 aliphatic heterocycles. The summed E-state index contributed by atoms with van der Waals surface area (Å²) in [7, 11) is 0. The number of aromatic nitrogens is 1. The molecule has 2 N–H and O–H groups in total. The molecule has 0 aromatic carbocycles. The van der Waals surface area contributed by atoms with Crippen LogP contribution in [0.2, 0.25) is 0 Å². The first kappa shape index (κ1) is 14.2. The number of primary amides is 1. The monoisotopic (exact) mass is 321 g/mol. The Balaban J connectivity index is 1.81. The molecule has 1 atom stereocenters. The molecule has 0 bridgehead atoms. The van der Waals surface area contributed by atoms with Gasteiger partial charge in [-0.05, 0) is 24.8 Å². The van der Waals surface area contributed by atoms with Gasteiger partial charge >= 0.3 is 0 Å². The number of carbonyl (C=O) groups excluding carboxylic acids is 2. The zero-order valence-corrected chi connectivity index (χ0v) is 13.2. The van der Waals surface area contributed by atoms with Crippen molar-refractivity contribution in [3.63, 3.8) is 0 Å². The largest absolute Gasteiger partial charge is 0.369 e. The van der Waals surface area contributed by atoms with Crippen LogP contribution >= 0.6 is 22.7 Å². The molecule has 0 spiro atoms. The number of likely N-dealkylation sites (tertiary alicyclic amines) is 1. The lowest BCUT2D eigenvalue weighted by atomic mass is 10.1. The molecule has 0 aliphatic carbocycles. The molecule has 2 amide bonds. The first-order chi connectivity index (χ1) is 10.1. The Morgan fingerprint density at radius 1 is 1.48 bits per heavy atom. The number of aryl methyl sites for hydroxylation is 1. The van der Waals surface area contributed by atoms with Gasteiger partial charge in [0.05, 0.1) is 16.5 Å². The van der Waals surface area contributed by atoms with Crippen molar-refractivity contribution < 1.29 is 9.59 Å². The van der Waals surface area contributed by atoms with Crippen molar-refractivity contribution in [1.82, 2.24) is 9.88 Å². The van der Waals surface area contributed by atoms with Crippen molar-refractivity contribution in [3.8, 4) is 9.88 Å². The van der Waals surface area contributed by atoms with Crippen LogP contribution in [0.25, 0.3) is 9.88 Å². The second-order valence-corrected chi connectivity index (χ2v) is 7.00. The molecular formula is C14H15N3O2S2. The number of nitrogens with zero attached hydrogens (tertiary/aromatic N) is 2. The van der Waals surface area contributed by atoms with Crippen LogP contribution in [0.1, 0.15) is 21.8 Å². The molecule has 2 aromatic rings. The van der Waals surface area contributed by atoms with Gasteiger partial charge < -0.3 is 10.6 Å². The molecule has 1 fully saturated rings. The number of nitrogens with two attached hydrogens (primary N) is 1. The van der Waals surface area contributed by atoms with Gasteiger partial charge in [-0.15, -0.1) is 22.7 Å². The highest BCUT2D eigenvalue weighted by Gasteiger charge is 2.31. The molecule has 3 heterocycles. The normalized spacial score (nSPS) is 18.1. The van der Waals surface area contributed by atoms with E-state index >= 15 is 0 Å². The average molecular weight is 321 g/mol. The van der Waals surface area contributed by atoms with Crippen molar-refractivity contribution >= 4 is 34.5 Å². The van der Waals surface area contributed by atoms with E-state index in [1.165, 1.54) is 11.3 Å². The van der Waals surface area contributed by atoms with Crippen molar-refractivity contribution in [2.45, 2.75) is 13.3 Å². The summed E-state index contributed by atoms with van der Waals surface area (Å²) in [5.41, 5.74) is 6.06. The molecule has 7 heteroatoms. The lowest BCUT2D eigenvalue weighted by Gasteiger charge is -2.14. The topological polar surface area (TPSA) is 76.3 Å². The third-order valence-electron chi connectivity index (χ3n) is 3.60. The number of hydrogen-bond acceptors (Lipinski definition) is 5. The van der Waals surface area contributed by atoms with E-state index < -0.39 is 0 Å². The minimum atomic E-state index is -0.328. The molecule has 0 saturated carbocycles. The van der Waals surface area contributed by atoms with Crippen LogP contribution < -0.4 is 5.73 Å². The Bertz CT molecular complexity index is 678. The van der Waals surface area contributed by atoms with E-state index in [0.29, 0.717) is 24.4 Å². The number of amides is 2. The van der Waals surface area contributed by atoms with Crippen LogP contribution in [0, 0.1) is 12.8 Å². The first-order valence-corrected chi connectivity index (χ1v) is 8.35. The summed E-state index contributed by atoms with van der Waals surface area (Å²) in [6, 6.07) is 3.96. The van der Waals surface area contributed by atoms with E-state index in [-0.39, 0.29) is 17.7 Å². The highest BCUT2D eigenvalue weighted by molar-refractivity contribution is 7.22. The quantitative estimate of drug-likeness (QED) is 0.941. The Morgan fingerprint density at radius 2 is 2.29 bits per heavy atom. The van der Waals surface area contributed by atoms with E-state index in [0.717, 1.165) is 15.6 Å². The SMILES string of the molecule is Cc1nc(-c2cccs2)sc1C(=O)N1CC[C@H](C(N)=O)C1. The van der Waals surface area contributed by atoms with Gasteiger partial charge in [0, 0.05) is 13.1 Å². The van der Waals surface area contributed by atoms with Crippen LogP contribution in [0.5, 0.6) is 0 Å². The van der Waals surface area contributed by atoms with Crippen LogP contribution in [0.4, 0.5) is 0 Å². The Hall–Kier alpha value is -1.73. The van der Waals surface area contributed by atoms with E-state index in [9.17, 15) is 9.59 Å². The maximum atomic E-state index is 12.6. The molecule has 0 unspecified atom stereocenters. The number of thiazole rings is 1. The fourth-order valence-electron chi connectivity index (χ4n) is 2.42. The van der Waals surface area contributed by atoms with Gasteiger partial charge in [-0.25, -0.2) is 4.98 Å². The minimum Gasteiger partial charge on any atom is -0.369 e. The average Bonchev–Trinajstić information content (AvgIpc) is 3.18. The maximum Gasteiger partial charge on any atom is 0.265 e. The first-order valence-electron chi connectivity index (χ1n) is 6.66. The van der Waals surface area contributed by atoms with E-state index in [1.807, 2.05) is 24.4 Å². The van der Waals surface area contributed by atoms with Crippen LogP contribution in [0.15, 0.2) is 17.5 Å². The summed E-state index contributed by atoms with van der Waals surface area (Å²) in [4.78, 5) is 31.7. The lowest BCUT2D eigenvalue weighted by molar-refractivity contribution is -0.121. The van der Waals surface area contributed by atoms with Crippen molar-refractivity contribution in [2.75, 3.05) is 13.1 Å². The highest BCUT2D eigenvalue weighted by atomic mass is 32.1. The van der Waals surface area contributed by atoms with Crippen LogP contribution in [-0.4, -0.2) is 34.8 Å². The van der Waals surface area contributed by atoms with Crippen LogP contribution in [0.3, 0.4) is 0 Å². The summed E-state index contributed by atoms with van der Waals surface area (Å²) in [6.45, 7) is 2.85. The summed E-state index contributed by atoms with van der Waals surface area (Å²) in [5.74, 6) is -0.596. The summed E-state index contributed by atoms with van der Waals surface area (Å²) < 4.78 is 0. The smallest absolute Gasteiger partial charge is 0.265 e. The zero-order chi connectivity index (χ0) is 15.0. The molecule has 0 radical (unpaired) electrons. The number of thiophene rings is 1. The van der Waals surface area contributed by atoms with Gasteiger partial charge in [0.2, 0.25) is 5.91 Å². The van der Waals surface area contributed by atoms with Gasteiger partial charge in [-0.1, -0.05) is 6.07 Å². The van der Waals surface area contributed by atoms with E-state index in [1.54, 1.807) is 16.2 Å². The molecular weight excluding hydrogens is 306 g/mol. The Kier molecular flexibility index (Phi) is 3.77. The summed E-state index contributed by atoms with van der Waals surface area (Å²) in [6.07, 6.45) is 0.650. The third kappa shape index (κ3) is 2.71. The summed E-state index contributed by atoms with van der Waals surface area (Å²) in [5, 5.41) is 2.86. The molecule has 5 nitrogen and oxygen atoms in total. The van der Waals surface area contributed by atoms with Gasteiger partial charge in [-0.3, -0.25) is 9.59 Å². The second kappa shape index (κ2) is 5.57. The predicted molar refractivity (Wildman–Crippen MR) is 83.4 cm³/mol. The van der Waals surface area contributed by atoms with Gasteiger partial charge in [0.15, 0.2) is 0 Å². The van der Waals surface area contributed by atoms with Gasteiger partial charge in [0.1, 0.15) is 9.88 Å². The van der Waals surface area contributed by atoms with Crippen molar-refractivity contribution in [2.24, 2.45) is 11.7 Å². The standard InChI is InChI=1S/C14H15N3O2S2/c1-8-11(21-13(16-8)10-3-2-6-20-10)14(19)17-5-4-9(7-17)12(15)18/h2-3,6,9H,4-5,7H2,1H3,(H2,15,18)/t9-/m0/s1. The van der Waals surface area contributed by atoms with Gasteiger partial charge in [-0.2, -0.15) is 0 Å². The number of rotatable bonds is 3. The fraction of sp³-hybridized carbons (Fsp3) is 0.357. The van der Waals surface area contributed by atoms with Crippen LogP contribution in [-0.2, 0) is 4.79 Å². The van der Waals surface area contributed by atoms with E-state index in [2.05, 4.69) is 4.98 Å². The summed E-state index contributed by atoms with van der Waals surface area (Å²) >= 11 is 3.02. The third-order valence-corrected chi connectivity index (χ3v) is 5.79. The lowest BCUT2D eigenvalue weighted by Crippen LogP contribution is -2.31. The molecule has 3 rings (SSSR count). The highest BCUT2D eigenvalue weighted by Crippen LogP contribution is 2.32. The second-order valence-electron chi connectivity index (χ2n) is 5.05. The molecule has 1 aliphatic rings. The van der Waals surface area contributed by atoms with E-state index in [4.69, 9.17) is 5.73 Å². The predicted octanol–water partition coefficient (Wildman–Crippen LogP) is 2.13.